The lowest BCUT2D eigenvalue weighted by Gasteiger charge is -2.37. The number of ether oxygens (including phenoxy) is 2. The molecule has 0 radical (unpaired) electrons. The molecule has 1 saturated heterocycles. The summed E-state index contributed by atoms with van der Waals surface area (Å²) in [6, 6.07) is 26.1. The van der Waals surface area contributed by atoms with Gasteiger partial charge in [-0.1, -0.05) is 55.5 Å². The molecule has 3 heteroatoms. The molecule has 3 aromatic carbocycles. The second kappa shape index (κ2) is 7.08. The van der Waals surface area contributed by atoms with Crippen molar-refractivity contribution in [2.75, 3.05) is 26.4 Å². The molecule has 0 N–H and O–H groups in total. The summed E-state index contributed by atoms with van der Waals surface area (Å²) in [7, 11) is 0. The van der Waals surface area contributed by atoms with Crippen LogP contribution in [-0.2, 0) is 15.9 Å². The molecule has 0 unspecified atom stereocenters. The Labute approximate surface area is 165 Å². The molecule has 3 nitrogen and oxygen atoms in total. The van der Waals surface area contributed by atoms with Crippen molar-refractivity contribution in [2.45, 2.75) is 13.3 Å². The van der Waals surface area contributed by atoms with Crippen LogP contribution in [0.5, 0.6) is 0 Å². The zero-order valence-electron chi connectivity index (χ0n) is 16.2. The van der Waals surface area contributed by atoms with Gasteiger partial charge < -0.3 is 14.0 Å². The van der Waals surface area contributed by atoms with Crippen LogP contribution in [0.3, 0.4) is 0 Å². The number of aromatic nitrogens is 1. The maximum Gasteiger partial charge on any atom is 0.0564 e. The van der Waals surface area contributed by atoms with E-state index in [0.717, 1.165) is 32.8 Å². The van der Waals surface area contributed by atoms with Gasteiger partial charge in [-0.15, -0.1) is 0 Å². The first-order valence-corrected chi connectivity index (χ1v) is 9.97. The molecule has 0 bridgehead atoms. The maximum absolute atomic E-state index is 5.88. The monoisotopic (exact) mass is 371 g/mol. The molecule has 4 aromatic rings. The van der Waals surface area contributed by atoms with Crippen molar-refractivity contribution in [2.24, 2.45) is 5.41 Å². The number of nitrogens with zero attached hydrogens (tertiary/aromatic N) is 1. The predicted molar refractivity (Wildman–Crippen MR) is 114 cm³/mol. The molecule has 142 valence electrons. The van der Waals surface area contributed by atoms with Crippen LogP contribution in [0.15, 0.2) is 72.8 Å². The number of benzene rings is 3. The molecule has 1 aromatic heterocycles. The van der Waals surface area contributed by atoms with E-state index >= 15 is 0 Å². The Hall–Kier alpha value is -2.62. The third-order valence-corrected chi connectivity index (χ3v) is 5.66. The van der Waals surface area contributed by atoms with Gasteiger partial charge >= 0.3 is 0 Å². The van der Waals surface area contributed by atoms with Gasteiger partial charge in [0.05, 0.1) is 37.5 Å². The van der Waals surface area contributed by atoms with Gasteiger partial charge in [-0.25, -0.2) is 0 Å². The van der Waals surface area contributed by atoms with E-state index < -0.39 is 0 Å². The first kappa shape index (κ1) is 17.5. The van der Waals surface area contributed by atoms with E-state index in [1.807, 2.05) is 0 Å². The lowest BCUT2D eigenvalue weighted by molar-refractivity contribution is -0.137. The van der Waals surface area contributed by atoms with E-state index in [1.54, 1.807) is 0 Å². The average Bonchev–Trinajstić information content (AvgIpc) is 3.05. The summed E-state index contributed by atoms with van der Waals surface area (Å²) < 4.78 is 13.5. The summed E-state index contributed by atoms with van der Waals surface area (Å²) in [6.07, 6.45) is 0.935. The van der Waals surface area contributed by atoms with E-state index in [1.165, 1.54) is 33.1 Å². The van der Waals surface area contributed by atoms with Gasteiger partial charge in [-0.05, 0) is 36.2 Å². The van der Waals surface area contributed by atoms with Crippen LogP contribution in [-0.4, -0.2) is 31.0 Å². The fourth-order valence-electron chi connectivity index (χ4n) is 4.05. The van der Waals surface area contributed by atoms with Crippen molar-refractivity contribution in [3.8, 4) is 5.69 Å². The zero-order chi connectivity index (χ0) is 19.0. The first-order chi connectivity index (χ1) is 13.7. The topological polar surface area (TPSA) is 23.4 Å². The maximum atomic E-state index is 5.88. The van der Waals surface area contributed by atoms with Crippen molar-refractivity contribution >= 4 is 21.8 Å². The molecular formula is C25H25NO2. The highest BCUT2D eigenvalue weighted by atomic mass is 16.5. The molecule has 1 fully saturated rings. The fourth-order valence-corrected chi connectivity index (χ4v) is 4.05. The highest BCUT2D eigenvalue weighted by Crippen LogP contribution is 2.31. The minimum absolute atomic E-state index is 0.223. The second-order valence-electron chi connectivity index (χ2n) is 8.14. The third kappa shape index (κ3) is 3.11. The summed E-state index contributed by atoms with van der Waals surface area (Å²) in [4.78, 5) is 0. The molecule has 0 aliphatic carbocycles. The molecule has 2 heterocycles. The normalized spacial score (nSPS) is 15.8. The summed E-state index contributed by atoms with van der Waals surface area (Å²) in [5.74, 6) is 0. The minimum atomic E-state index is 0.223. The Morgan fingerprint density at radius 1 is 0.857 bits per heavy atom. The van der Waals surface area contributed by atoms with Crippen LogP contribution in [0.2, 0.25) is 0 Å². The summed E-state index contributed by atoms with van der Waals surface area (Å²) in [5.41, 5.74) is 5.22. The Balaban J connectivity index is 1.37. The number of hydrogen-bond donors (Lipinski definition) is 0. The highest BCUT2D eigenvalue weighted by molar-refractivity contribution is 6.09. The van der Waals surface area contributed by atoms with Crippen LogP contribution in [0.25, 0.3) is 27.5 Å². The van der Waals surface area contributed by atoms with Gasteiger partial charge in [-0.3, -0.25) is 0 Å². The number of para-hydroxylation sites is 2. The van der Waals surface area contributed by atoms with Gasteiger partial charge in [0.2, 0.25) is 0 Å². The van der Waals surface area contributed by atoms with Crippen molar-refractivity contribution in [1.29, 1.82) is 0 Å². The molecule has 1 aliphatic rings. The van der Waals surface area contributed by atoms with E-state index in [-0.39, 0.29) is 5.41 Å². The van der Waals surface area contributed by atoms with Gasteiger partial charge in [0.1, 0.15) is 0 Å². The van der Waals surface area contributed by atoms with E-state index in [9.17, 15) is 0 Å². The standard InChI is InChI=1S/C25H25NO2/c1-25(17-28-18-25)16-27-15-14-19-10-12-20(13-11-19)26-23-8-4-2-6-21(23)22-7-3-5-9-24(22)26/h2-13H,14-18H2,1H3. The van der Waals surface area contributed by atoms with Crippen LogP contribution in [0.1, 0.15) is 12.5 Å². The minimum Gasteiger partial charge on any atom is -0.380 e. The molecule has 0 atom stereocenters. The number of hydrogen-bond acceptors (Lipinski definition) is 2. The van der Waals surface area contributed by atoms with Crippen LogP contribution < -0.4 is 0 Å². The van der Waals surface area contributed by atoms with E-state index in [4.69, 9.17) is 9.47 Å². The second-order valence-corrected chi connectivity index (χ2v) is 8.14. The van der Waals surface area contributed by atoms with Gasteiger partial charge in [0, 0.05) is 21.9 Å². The van der Waals surface area contributed by atoms with Crippen molar-refractivity contribution in [3.63, 3.8) is 0 Å². The third-order valence-electron chi connectivity index (χ3n) is 5.66. The van der Waals surface area contributed by atoms with Crippen molar-refractivity contribution in [1.82, 2.24) is 4.57 Å². The van der Waals surface area contributed by atoms with Crippen molar-refractivity contribution in [3.05, 3.63) is 78.4 Å². The van der Waals surface area contributed by atoms with Gasteiger partial charge in [0.15, 0.2) is 0 Å². The molecule has 1 aliphatic heterocycles. The highest BCUT2D eigenvalue weighted by Gasteiger charge is 2.33. The Kier molecular flexibility index (Phi) is 4.42. The largest absolute Gasteiger partial charge is 0.380 e. The van der Waals surface area contributed by atoms with Crippen LogP contribution in [0.4, 0.5) is 0 Å². The van der Waals surface area contributed by atoms with Gasteiger partial charge in [-0.2, -0.15) is 0 Å². The van der Waals surface area contributed by atoms with Crippen LogP contribution >= 0.6 is 0 Å². The number of fused-ring (bicyclic) bond motifs is 3. The molecule has 0 saturated carbocycles. The number of rotatable bonds is 6. The molecular weight excluding hydrogens is 346 g/mol. The lowest BCUT2D eigenvalue weighted by Crippen LogP contribution is -2.43. The lowest BCUT2D eigenvalue weighted by atomic mass is 9.90. The predicted octanol–water partition coefficient (Wildman–Crippen LogP) is 5.38. The van der Waals surface area contributed by atoms with Gasteiger partial charge in [0.25, 0.3) is 0 Å². The summed E-state index contributed by atoms with van der Waals surface area (Å²) >= 11 is 0. The summed E-state index contributed by atoms with van der Waals surface area (Å²) in [6.45, 7) is 5.40. The molecule has 5 rings (SSSR count). The fraction of sp³-hybridized carbons (Fsp3) is 0.280. The quantitative estimate of drug-likeness (QED) is 0.425. The molecule has 0 spiro atoms. The van der Waals surface area contributed by atoms with Crippen LogP contribution in [0, 0.1) is 5.41 Å². The Morgan fingerprint density at radius 2 is 1.46 bits per heavy atom. The molecule has 0 amide bonds. The van der Waals surface area contributed by atoms with E-state index in [2.05, 4.69) is 84.3 Å². The zero-order valence-corrected chi connectivity index (χ0v) is 16.2. The molecule has 28 heavy (non-hydrogen) atoms. The van der Waals surface area contributed by atoms with Crippen molar-refractivity contribution < 1.29 is 9.47 Å². The SMILES string of the molecule is CC1(COCCc2ccc(-n3c4ccccc4c4ccccc43)cc2)COC1. The Morgan fingerprint density at radius 3 is 2.04 bits per heavy atom. The van der Waals surface area contributed by atoms with E-state index in [0.29, 0.717) is 0 Å². The Bertz CT molecular complexity index is 1050. The first-order valence-electron chi connectivity index (χ1n) is 9.97. The average molecular weight is 371 g/mol. The summed E-state index contributed by atoms with van der Waals surface area (Å²) in [5, 5.41) is 2.59. The smallest absolute Gasteiger partial charge is 0.0564 e.